The van der Waals surface area contributed by atoms with Crippen LogP contribution in [0.4, 0.5) is 5.82 Å². The largest absolute Gasteiger partial charge is 0.505 e. The lowest BCUT2D eigenvalue weighted by atomic mass is 10.1. The molecule has 1 fully saturated rings. The molecule has 2 aromatic heterocycles. The number of hydrogen-bond donors (Lipinski definition) is 1. The number of carbonyl (C=O) groups is 1. The summed E-state index contributed by atoms with van der Waals surface area (Å²) in [6.45, 7) is 8.18. The van der Waals surface area contributed by atoms with E-state index in [-0.39, 0.29) is 5.69 Å². The lowest BCUT2D eigenvalue weighted by Gasteiger charge is -2.35. The predicted octanol–water partition coefficient (Wildman–Crippen LogP) is 3.37. The molecule has 0 unspecified atom stereocenters. The highest BCUT2D eigenvalue weighted by Crippen LogP contribution is 2.26. The fourth-order valence-electron chi connectivity index (χ4n) is 4.54. The van der Waals surface area contributed by atoms with Crippen LogP contribution in [-0.2, 0) is 0 Å². The van der Waals surface area contributed by atoms with Crippen LogP contribution in [0.25, 0.3) is 16.6 Å². The molecule has 0 radical (unpaired) electrons. The van der Waals surface area contributed by atoms with Crippen molar-refractivity contribution < 1.29 is 9.90 Å². The van der Waals surface area contributed by atoms with Crippen molar-refractivity contribution >= 4 is 22.6 Å². The molecule has 3 heterocycles. The van der Waals surface area contributed by atoms with E-state index in [1.54, 1.807) is 17.0 Å². The molecule has 0 saturated carbocycles. The summed E-state index contributed by atoms with van der Waals surface area (Å²) in [7, 11) is 0. The van der Waals surface area contributed by atoms with Gasteiger partial charge in [-0.2, -0.15) is 9.78 Å². The molecular weight excluding hydrogens is 442 g/mol. The normalized spacial score (nSPS) is 13.9. The Morgan fingerprint density at radius 1 is 0.914 bits per heavy atom. The number of carbonyl (C=O) groups excluding carboxylic acids is 1. The standard InChI is InChI=1S/C27H27N5O3/c1-17-6-4-8-20(14-17)32-24(34)16-22(33)26(29-32)27(35)31-12-10-30(11-13-31)23-15-19(3)21-9-5-7-18(2)25(21)28-23/h4-9,14-16,33H,10-13H2,1-3H3. The van der Waals surface area contributed by atoms with Crippen molar-refractivity contribution in [3.63, 3.8) is 0 Å². The minimum Gasteiger partial charge on any atom is -0.505 e. The molecule has 1 aliphatic rings. The van der Waals surface area contributed by atoms with Crippen molar-refractivity contribution in [2.45, 2.75) is 20.8 Å². The second-order valence-electron chi connectivity index (χ2n) is 9.01. The van der Waals surface area contributed by atoms with Gasteiger partial charge in [0.1, 0.15) is 5.82 Å². The molecule has 2 aromatic carbocycles. The van der Waals surface area contributed by atoms with Crippen LogP contribution >= 0.6 is 0 Å². The number of aromatic hydroxyl groups is 1. The number of para-hydroxylation sites is 1. The average Bonchev–Trinajstić information content (AvgIpc) is 2.84. The highest BCUT2D eigenvalue weighted by atomic mass is 16.3. The van der Waals surface area contributed by atoms with Crippen molar-refractivity contribution in [1.29, 1.82) is 0 Å². The fraction of sp³-hybridized carbons (Fsp3) is 0.259. The maximum absolute atomic E-state index is 13.3. The Hall–Kier alpha value is -4.20. The monoisotopic (exact) mass is 469 g/mol. The Labute approximate surface area is 203 Å². The number of benzene rings is 2. The molecule has 178 valence electrons. The third-order valence-electron chi connectivity index (χ3n) is 6.49. The highest BCUT2D eigenvalue weighted by Gasteiger charge is 2.27. The number of anilines is 1. The zero-order chi connectivity index (χ0) is 24.7. The number of rotatable bonds is 3. The van der Waals surface area contributed by atoms with Gasteiger partial charge >= 0.3 is 0 Å². The Kier molecular flexibility index (Phi) is 5.72. The number of nitrogens with zero attached hydrogens (tertiary/aromatic N) is 5. The van der Waals surface area contributed by atoms with E-state index in [4.69, 9.17) is 4.98 Å². The molecule has 1 N–H and O–H groups in total. The molecule has 4 aromatic rings. The van der Waals surface area contributed by atoms with Crippen LogP contribution in [-0.4, -0.2) is 56.9 Å². The minimum atomic E-state index is -0.498. The molecule has 35 heavy (non-hydrogen) atoms. The first-order valence-corrected chi connectivity index (χ1v) is 11.6. The van der Waals surface area contributed by atoms with Crippen LogP contribution in [0.15, 0.2) is 59.4 Å². The van der Waals surface area contributed by atoms with E-state index in [1.807, 2.05) is 25.1 Å². The van der Waals surface area contributed by atoms with Crippen molar-refractivity contribution in [3.8, 4) is 11.4 Å². The van der Waals surface area contributed by atoms with Crippen LogP contribution in [0, 0.1) is 20.8 Å². The summed E-state index contributed by atoms with van der Waals surface area (Å²) in [5.41, 5.74) is 4.17. The van der Waals surface area contributed by atoms with Crippen LogP contribution < -0.4 is 10.5 Å². The number of hydrogen-bond acceptors (Lipinski definition) is 6. The molecule has 8 nitrogen and oxygen atoms in total. The van der Waals surface area contributed by atoms with Gasteiger partial charge in [-0.1, -0.05) is 30.3 Å². The molecule has 8 heteroatoms. The number of pyridine rings is 1. The van der Waals surface area contributed by atoms with Crippen LogP contribution in [0.5, 0.6) is 5.75 Å². The van der Waals surface area contributed by atoms with Crippen LogP contribution in [0.3, 0.4) is 0 Å². The first kappa shape index (κ1) is 22.6. The van der Waals surface area contributed by atoms with Gasteiger partial charge in [0.15, 0.2) is 11.4 Å². The predicted molar refractivity (Wildman–Crippen MR) is 136 cm³/mol. The van der Waals surface area contributed by atoms with Crippen molar-refractivity contribution in [2.24, 2.45) is 0 Å². The zero-order valence-electron chi connectivity index (χ0n) is 20.0. The molecule has 1 saturated heterocycles. The van der Waals surface area contributed by atoms with Gasteiger partial charge in [-0.3, -0.25) is 9.59 Å². The Morgan fingerprint density at radius 3 is 2.40 bits per heavy atom. The van der Waals surface area contributed by atoms with E-state index < -0.39 is 17.2 Å². The van der Waals surface area contributed by atoms with Crippen molar-refractivity contribution in [2.75, 3.05) is 31.1 Å². The topological polar surface area (TPSA) is 91.6 Å². The van der Waals surface area contributed by atoms with Gasteiger partial charge in [-0.15, -0.1) is 0 Å². The summed E-state index contributed by atoms with van der Waals surface area (Å²) in [4.78, 5) is 34.4. The van der Waals surface area contributed by atoms with Gasteiger partial charge in [0.05, 0.1) is 11.2 Å². The van der Waals surface area contributed by atoms with Gasteiger partial charge in [-0.05, 0) is 55.7 Å². The van der Waals surface area contributed by atoms with E-state index in [1.165, 1.54) is 5.56 Å². The maximum Gasteiger partial charge on any atom is 0.278 e. The molecule has 1 amide bonds. The first-order chi connectivity index (χ1) is 16.8. The van der Waals surface area contributed by atoms with Crippen molar-refractivity contribution in [1.82, 2.24) is 19.7 Å². The van der Waals surface area contributed by atoms with Crippen LogP contribution in [0.2, 0.25) is 0 Å². The number of amides is 1. The summed E-state index contributed by atoms with van der Waals surface area (Å²) >= 11 is 0. The number of piperazine rings is 1. The molecule has 1 aliphatic heterocycles. The third kappa shape index (κ3) is 4.23. The molecule has 0 atom stereocenters. The molecule has 0 spiro atoms. The summed E-state index contributed by atoms with van der Waals surface area (Å²) in [5.74, 6) is 0.0843. The highest BCUT2D eigenvalue weighted by molar-refractivity contribution is 5.95. The smallest absolute Gasteiger partial charge is 0.278 e. The summed E-state index contributed by atoms with van der Waals surface area (Å²) in [6.07, 6.45) is 0. The Bertz CT molecular complexity index is 1500. The number of aryl methyl sites for hydroxylation is 3. The quantitative estimate of drug-likeness (QED) is 0.495. The molecule has 5 rings (SSSR count). The van der Waals surface area contributed by atoms with E-state index >= 15 is 0 Å². The number of aromatic nitrogens is 3. The Morgan fingerprint density at radius 2 is 1.66 bits per heavy atom. The minimum absolute atomic E-state index is 0.130. The van der Waals surface area contributed by atoms with Gasteiger partial charge in [0.2, 0.25) is 0 Å². The van der Waals surface area contributed by atoms with Gasteiger partial charge in [-0.25, -0.2) is 4.98 Å². The molecule has 0 aliphatic carbocycles. The van der Waals surface area contributed by atoms with E-state index in [9.17, 15) is 14.7 Å². The second-order valence-corrected chi connectivity index (χ2v) is 9.01. The summed E-state index contributed by atoms with van der Waals surface area (Å²) in [6, 6.07) is 16.6. The number of fused-ring (bicyclic) bond motifs is 1. The Balaban J connectivity index is 1.37. The fourth-order valence-corrected chi connectivity index (χ4v) is 4.54. The van der Waals surface area contributed by atoms with Gasteiger partial charge in [0, 0.05) is 37.6 Å². The van der Waals surface area contributed by atoms with Crippen LogP contribution in [0.1, 0.15) is 27.2 Å². The summed E-state index contributed by atoms with van der Waals surface area (Å²) < 4.78 is 1.15. The third-order valence-corrected chi connectivity index (χ3v) is 6.49. The molecule has 0 bridgehead atoms. The maximum atomic E-state index is 13.3. The van der Waals surface area contributed by atoms with E-state index in [0.717, 1.165) is 38.6 Å². The second kappa shape index (κ2) is 8.87. The zero-order valence-corrected chi connectivity index (χ0v) is 20.0. The lowest BCUT2D eigenvalue weighted by molar-refractivity contribution is 0.0735. The van der Waals surface area contributed by atoms with Gasteiger partial charge in [0.25, 0.3) is 11.5 Å². The summed E-state index contributed by atoms with van der Waals surface area (Å²) in [5, 5.41) is 15.7. The van der Waals surface area contributed by atoms with Gasteiger partial charge < -0.3 is 14.9 Å². The molecular formula is C27H27N5O3. The first-order valence-electron chi connectivity index (χ1n) is 11.6. The lowest BCUT2D eigenvalue weighted by Crippen LogP contribution is -2.49. The SMILES string of the molecule is Cc1cccc(-n2nc(C(=O)N3CCN(c4cc(C)c5cccc(C)c5n4)CC3)c(O)cc2=O)c1. The van der Waals surface area contributed by atoms with E-state index in [2.05, 4.69) is 42.0 Å². The van der Waals surface area contributed by atoms with Crippen molar-refractivity contribution in [3.05, 3.63) is 87.3 Å². The van der Waals surface area contributed by atoms with E-state index in [0.29, 0.717) is 31.9 Å². The average molecular weight is 470 g/mol.